The maximum atomic E-state index is 13.7. The summed E-state index contributed by atoms with van der Waals surface area (Å²) in [4.78, 5) is 21.2. The predicted octanol–water partition coefficient (Wildman–Crippen LogP) is 1.76. The summed E-state index contributed by atoms with van der Waals surface area (Å²) in [5, 5.41) is 3.34. The van der Waals surface area contributed by atoms with Crippen LogP contribution in [0.25, 0.3) is 0 Å². The van der Waals surface area contributed by atoms with E-state index in [0.717, 1.165) is 32.2 Å². The third-order valence-electron chi connectivity index (χ3n) is 5.76. The Labute approximate surface area is 163 Å². The zero-order valence-electron chi connectivity index (χ0n) is 15.9. The van der Waals surface area contributed by atoms with E-state index in [1.165, 1.54) is 17.2 Å². The first kappa shape index (κ1) is 19.0. The molecular weight excluding hydrogens is 362 g/mol. The second kappa shape index (κ2) is 7.56. The first-order chi connectivity index (χ1) is 13.5. The molecule has 2 aromatic rings. The van der Waals surface area contributed by atoms with Crippen LogP contribution in [0.3, 0.4) is 0 Å². The van der Waals surface area contributed by atoms with E-state index in [2.05, 4.69) is 27.3 Å². The van der Waals surface area contributed by atoms with Gasteiger partial charge in [-0.3, -0.25) is 9.69 Å². The van der Waals surface area contributed by atoms with Gasteiger partial charge in [0.15, 0.2) is 0 Å². The van der Waals surface area contributed by atoms with Gasteiger partial charge < -0.3 is 10.2 Å². The highest BCUT2D eigenvalue weighted by atomic mass is 19.1. The Balaban J connectivity index is 1.62. The highest BCUT2D eigenvalue weighted by Gasteiger charge is 2.49. The minimum absolute atomic E-state index is 0.0305. The van der Waals surface area contributed by atoms with Crippen molar-refractivity contribution in [2.75, 3.05) is 33.2 Å². The summed E-state index contributed by atoms with van der Waals surface area (Å²) in [6.45, 7) is 3.33. The number of rotatable bonds is 4. The van der Waals surface area contributed by atoms with Gasteiger partial charge in [0.2, 0.25) is 11.9 Å². The number of carbonyl (C=O) groups is 1. The fourth-order valence-electron chi connectivity index (χ4n) is 4.47. The van der Waals surface area contributed by atoms with Gasteiger partial charge in [-0.25, -0.2) is 9.37 Å². The molecule has 0 unspecified atom stereocenters. The molecule has 7 heteroatoms. The summed E-state index contributed by atoms with van der Waals surface area (Å²) >= 11 is 0. The number of hydrogen-bond donors (Lipinski definition) is 1. The van der Waals surface area contributed by atoms with Gasteiger partial charge in [-0.15, -0.1) is 0 Å². The summed E-state index contributed by atoms with van der Waals surface area (Å²) in [5.74, 6) is -1.59. The van der Waals surface area contributed by atoms with E-state index in [1.54, 1.807) is 11.9 Å². The molecule has 1 amide bonds. The lowest BCUT2D eigenvalue weighted by molar-refractivity contribution is -0.144. The van der Waals surface area contributed by atoms with Gasteiger partial charge in [-0.1, -0.05) is 24.3 Å². The largest absolute Gasteiger partial charge is 0.338 e. The van der Waals surface area contributed by atoms with Crippen LogP contribution in [0, 0.1) is 11.8 Å². The second-order valence-electron chi connectivity index (χ2n) is 7.65. The van der Waals surface area contributed by atoms with E-state index < -0.39 is 17.3 Å². The number of piperazine rings is 1. The SMILES string of the molecule is CN(Cc1cc(F)cc(F)n1)C(=O)C1(N2CCNCC2)Cc2ccccc2C1. The molecule has 1 fully saturated rings. The molecule has 1 saturated heterocycles. The molecular formula is C21H24F2N4O. The highest BCUT2D eigenvalue weighted by Crippen LogP contribution is 2.36. The third-order valence-corrected chi connectivity index (χ3v) is 5.76. The molecule has 0 atom stereocenters. The van der Waals surface area contributed by atoms with Crippen molar-refractivity contribution in [2.24, 2.45) is 0 Å². The lowest BCUT2D eigenvalue weighted by Gasteiger charge is -2.44. The van der Waals surface area contributed by atoms with E-state index in [9.17, 15) is 13.6 Å². The van der Waals surface area contributed by atoms with Crippen LogP contribution in [-0.4, -0.2) is 59.5 Å². The maximum absolute atomic E-state index is 13.7. The van der Waals surface area contributed by atoms with Crippen molar-refractivity contribution in [2.45, 2.75) is 24.9 Å². The molecule has 1 aromatic carbocycles. The van der Waals surface area contributed by atoms with Gasteiger partial charge in [0.05, 0.1) is 12.2 Å². The maximum Gasteiger partial charge on any atom is 0.243 e. The van der Waals surface area contributed by atoms with Crippen LogP contribution in [0.2, 0.25) is 0 Å². The molecule has 28 heavy (non-hydrogen) atoms. The smallest absolute Gasteiger partial charge is 0.243 e. The normalized spacial score (nSPS) is 18.7. The fourth-order valence-corrected chi connectivity index (χ4v) is 4.47. The number of fused-ring (bicyclic) bond motifs is 1. The van der Waals surface area contributed by atoms with Crippen LogP contribution in [0.15, 0.2) is 36.4 Å². The Morgan fingerprint density at radius 2 is 1.82 bits per heavy atom. The molecule has 4 rings (SSSR count). The number of halogens is 2. The topological polar surface area (TPSA) is 48.5 Å². The van der Waals surface area contributed by atoms with Crippen molar-refractivity contribution < 1.29 is 13.6 Å². The van der Waals surface area contributed by atoms with Gasteiger partial charge in [-0.2, -0.15) is 4.39 Å². The van der Waals surface area contributed by atoms with Gasteiger partial charge >= 0.3 is 0 Å². The summed E-state index contributed by atoms with van der Waals surface area (Å²) in [5.41, 5.74) is 1.93. The Morgan fingerprint density at radius 1 is 1.18 bits per heavy atom. The Kier molecular flexibility index (Phi) is 5.12. The van der Waals surface area contributed by atoms with Crippen molar-refractivity contribution in [3.8, 4) is 0 Å². The molecule has 2 heterocycles. The Bertz CT molecular complexity index is 837. The summed E-state index contributed by atoms with van der Waals surface area (Å²) in [6, 6.07) is 10.1. The predicted molar refractivity (Wildman–Crippen MR) is 102 cm³/mol. The average Bonchev–Trinajstić information content (AvgIpc) is 3.08. The van der Waals surface area contributed by atoms with Crippen LogP contribution in [-0.2, 0) is 24.2 Å². The van der Waals surface area contributed by atoms with Gasteiger partial charge in [0.1, 0.15) is 11.4 Å². The van der Waals surface area contributed by atoms with Crippen LogP contribution >= 0.6 is 0 Å². The van der Waals surface area contributed by atoms with E-state index in [0.29, 0.717) is 12.8 Å². The Hall–Kier alpha value is -2.38. The number of hydrogen-bond acceptors (Lipinski definition) is 4. The standard InChI is InChI=1S/C21H24F2N4O/c1-26(14-18-10-17(22)11-19(23)25-18)20(28)21(27-8-6-24-7-9-27)12-15-4-2-3-5-16(15)13-21/h2-5,10-11,24H,6-9,12-14H2,1H3. The second-order valence-corrected chi connectivity index (χ2v) is 7.65. The molecule has 148 valence electrons. The molecule has 0 spiro atoms. The van der Waals surface area contributed by atoms with Crippen molar-refractivity contribution in [3.05, 3.63) is 65.0 Å². The number of benzene rings is 1. The molecule has 0 bridgehead atoms. The van der Waals surface area contributed by atoms with Crippen LogP contribution in [0.5, 0.6) is 0 Å². The number of pyridine rings is 1. The van der Waals surface area contributed by atoms with E-state index in [1.807, 2.05) is 12.1 Å². The number of nitrogens with one attached hydrogen (secondary N) is 1. The van der Waals surface area contributed by atoms with Gasteiger partial charge in [0, 0.05) is 52.1 Å². The molecule has 2 aliphatic rings. The number of carbonyl (C=O) groups excluding carboxylic acids is 1. The third kappa shape index (κ3) is 3.52. The lowest BCUT2D eigenvalue weighted by atomic mass is 9.90. The lowest BCUT2D eigenvalue weighted by Crippen LogP contribution is -2.63. The molecule has 5 nitrogen and oxygen atoms in total. The molecule has 0 radical (unpaired) electrons. The zero-order valence-corrected chi connectivity index (χ0v) is 15.9. The highest BCUT2D eigenvalue weighted by molar-refractivity contribution is 5.88. The van der Waals surface area contributed by atoms with Crippen molar-refractivity contribution in [1.29, 1.82) is 0 Å². The van der Waals surface area contributed by atoms with Crippen LogP contribution < -0.4 is 5.32 Å². The molecule has 1 aliphatic heterocycles. The van der Waals surface area contributed by atoms with Crippen molar-refractivity contribution in [1.82, 2.24) is 20.1 Å². The molecule has 1 aliphatic carbocycles. The van der Waals surface area contributed by atoms with E-state index in [-0.39, 0.29) is 18.1 Å². The summed E-state index contributed by atoms with van der Waals surface area (Å²) in [6.07, 6.45) is 1.30. The fraction of sp³-hybridized carbons (Fsp3) is 0.429. The summed E-state index contributed by atoms with van der Waals surface area (Å²) in [7, 11) is 1.68. The number of amides is 1. The molecule has 1 aromatic heterocycles. The summed E-state index contributed by atoms with van der Waals surface area (Å²) < 4.78 is 27.0. The molecule has 1 N–H and O–H groups in total. The quantitative estimate of drug-likeness (QED) is 0.814. The van der Waals surface area contributed by atoms with Gasteiger partial charge in [-0.05, 0) is 17.2 Å². The minimum atomic E-state index is -0.874. The number of nitrogens with zero attached hydrogens (tertiary/aromatic N) is 3. The van der Waals surface area contributed by atoms with Crippen LogP contribution in [0.1, 0.15) is 16.8 Å². The van der Waals surface area contributed by atoms with Crippen molar-refractivity contribution in [3.63, 3.8) is 0 Å². The first-order valence-corrected chi connectivity index (χ1v) is 9.58. The van der Waals surface area contributed by atoms with Crippen molar-refractivity contribution >= 4 is 5.91 Å². The van der Waals surface area contributed by atoms with Crippen LogP contribution in [0.4, 0.5) is 8.78 Å². The Morgan fingerprint density at radius 3 is 2.43 bits per heavy atom. The molecule has 0 saturated carbocycles. The number of likely N-dealkylation sites (N-methyl/N-ethyl adjacent to an activating group) is 1. The van der Waals surface area contributed by atoms with E-state index in [4.69, 9.17) is 0 Å². The van der Waals surface area contributed by atoms with Gasteiger partial charge in [0.25, 0.3) is 0 Å². The minimum Gasteiger partial charge on any atom is -0.338 e. The van der Waals surface area contributed by atoms with E-state index >= 15 is 0 Å². The number of aromatic nitrogens is 1. The monoisotopic (exact) mass is 386 g/mol. The average molecular weight is 386 g/mol. The first-order valence-electron chi connectivity index (χ1n) is 9.58. The zero-order chi connectivity index (χ0) is 19.7.